The van der Waals surface area contributed by atoms with Crippen molar-refractivity contribution in [2.45, 2.75) is 5.54 Å². The largest absolute Gasteiger partial charge is 0.344 e. The number of rotatable bonds is 5. The van der Waals surface area contributed by atoms with Crippen LogP contribution in [0.4, 0.5) is 4.79 Å². The quantitative estimate of drug-likeness (QED) is 0.718. The molecular formula is C20H18N4O4S. The molecule has 0 unspecified atom stereocenters. The number of hydrazine groups is 1. The van der Waals surface area contributed by atoms with Crippen molar-refractivity contribution < 1.29 is 19.2 Å². The molecule has 2 N–H and O–H groups in total. The SMILES string of the molecule is O=C(CN1CSCC1=O)NN1C(=O)NC(c2ccccc2)(c2ccccc2)C1=O. The van der Waals surface area contributed by atoms with Crippen LogP contribution in [-0.4, -0.2) is 51.8 Å². The zero-order chi connectivity index (χ0) is 20.4. The van der Waals surface area contributed by atoms with Crippen molar-refractivity contribution >= 4 is 35.5 Å². The fourth-order valence-electron chi connectivity index (χ4n) is 3.44. The summed E-state index contributed by atoms with van der Waals surface area (Å²) < 4.78 is 0. The molecule has 0 atom stereocenters. The predicted octanol–water partition coefficient (Wildman–Crippen LogP) is 1.05. The number of carbonyl (C=O) groups is 4. The summed E-state index contributed by atoms with van der Waals surface area (Å²) in [5, 5.41) is 3.44. The summed E-state index contributed by atoms with van der Waals surface area (Å²) in [5.74, 6) is -0.645. The van der Waals surface area contributed by atoms with Crippen LogP contribution in [0.3, 0.4) is 0 Å². The highest BCUT2D eigenvalue weighted by Gasteiger charge is 2.54. The first-order valence-electron chi connectivity index (χ1n) is 8.95. The zero-order valence-electron chi connectivity index (χ0n) is 15.3. The van der Waals surface area contributed by atoms with Gasteiger partial charge in [-0.3, -0.25) is 19.8 Å². The Morgan fingerprint density at radius 2 is 1.59 bits per heavy atom. The molecule has 2 aromatic carbocycles. The van der Waals surface area contributed by atoms with Crippen LogP contribution in [0.1, 0.15) is 11.1 Å². The third-order valence-corrected chi connectivity index (χ3v) is 5.78. The number of hydrogen-bond donors (Lipinski definition) is 2. The van der Waals surface area contributed by atoms with E-state index in [4.69, 9.17) is 0 Å². The summed E-state index contributed by atoms with van der Waals surface area (Å²) in [6.07, 6.45) is 0. The molecule has 0 spiro atoms. The van der Waals surface area contributed by atoms with Crippen LogP contribution < -0.4 is 10.7 Å². The van der Waals surface area contributed by atoms with Crippen molar-refractivity contribution in [3.63, 3.8) is 0 Å². The fraction of sp³-hybridized carbons (Fsp3) is 0.200. The number of carbonyl (C=O) groups excluding carboxylic acids is 4. The molecule has 0 aliphatic carbocycles. The third-order valence-electron chi connectivity index (χ3n) is 4.83. The molecule has 2 saturated heterocycles. The molecule has 8 nitrogen and oxygen atoms in total. The van der Waals surface area contributed by atoms with Gasteiger partial charge >= 0.3 is 6.03 Å². The van der Waals surface area contributed by atoms with Gasteiger partial charge in [0.15, 0.2) is 5.54 Å². The van der Waals surface area contributed by atoms with Crippen LogP contribution in [0.5, 0.6) is 0 Å². The lowest BCUT2D eigenvalue weighted by atomic mass is 9.83. The number of nitrogens with zero attached hydrogens (tertiary/aromatic N) is 2. The summed E-state index contributed by atoms with van der Waals surface area (Å²) in [5.41, 5.74) is 2.05. The van der Waals surface area contributed by atoms with Crippen LogP contribution in [-0.2, 0) is 19.9 Å². The molecule has 2 heterocycles. The Morgan fingerprint density at radius 3 is 2.10 bits per heavy atom. The summed E-state index contributed by atoms with van der Waals surface area (Å²) in [7, 11) is 0. The molecule has 2 aromatic rings. The van der Waals surface area contributed by atoms with Gasteiger partial charge in [0.05, 0.1) is 11.6 Å². The number of urea groups is 1. The van der Waals surface area contributed by atoms with E-state index >= 15 is 0 Å². The molecule has 2 fully saturated rings. The monoisotopic (exact) mass is 410 g/mol. The van der Waals surface area contributed by atoms with Gasteiger partial charge in [-0.25, -0.2) is 4.79 Å². The van der Waals surface area contributed by atoms with Gasteiger partial charge in [0.2, 0.25) is 5.91 Å². The first-order chi connectivity index (χ1) is 14.0. The average Bonchev–Trinajstić information content (AvgIpc) is 3.25. The highest BCUT2D eigenvalue weighted by molar-refractivity contribution is 8.00. The molecule has 5 amide bonds. The van der Waals surface area contributed by atoms with Gasteiger partial charge in [-0.05, 0) is 11.1 Å². The van der Waals surface area contributed by atoms with Crippen molar-refractivity contribution in [3.05, 3.63) is 71.8 Å². The molecule has 2 aliphatic heterocycles. The Bertz CT molecular complexity index is 927. The summed E-state index contributed by atoms with van der Waals surface area (Å²) in [6, 6.07) is 17.0. The lowest BCUT2D eigenvalue weighted by Crippen LogP contribution is -2.51. The molecule has 2 aliphatic rings. The number of nitrogens with one attached hydrogen (secondary N) is 2. The second-order valence-electron chi connectivity index (χ2n) is 6.66. The van der Waals surface area contributed by atoms with Gasteiger partial charge in [0, 0.05) is 0 Å². The van der Waals surface area contributed by atoms with Crippen molar-refractivity contribution in [2.24, 2.45) is 0 Å². The number of hydrogen-bond acceptors (Lipinski definition) is 5. The second kappa shape index (κ2) is 7.59. The van der Waals surface area contributed by atoms with E-state index in [9.17, 15) is 19.2 Å². The molecule has 0 saturated carbocycles. The number of thioether (sulfide) groups is 1. The minimum atomic E-state index is -1.45. The smallest absolute Gasteiger partial charge is 0.323 e. The molecule has 4 rings (SSSR count). The minimum absolute atomic E-state index is 0.148. The van der Waals surface area contributed by atoms with Crippen LogP contribution >= 0.6 is 11.8 Å². The van der Waals surface area contributed by atoms with E-state index in [0.717, 1.165) is 0 Å². The number of benzene rings is 2. The summed E-state index contributed by atoms with van der Waals surface area (Å²) in [6.45, 7) is -0.216. The third kappa shape index (κ3) is 3.33. The Labute approximate surface area is 171 Å². The van der Waals surface area contributed by atoms with Gasteiger partial charge in [0.25, 0.3) is 11.8 Å². The van der Waals surface area contributed by atoms with E-state index in [-0.39, 0.29) is 12.5 Å². The van der Waals surface area contributed by atoms with Gasteiger partial charge < -0.3 is 10.2 Å². The Hall–Kier alpha value is -3.33. The standard InChI is InChI=1S/C20H18N4O4S/c25-16(11-23-13-29-12-17(23)26)22-24-18(27)20(21-19(24)28,14-7-3-1-4-8-14)15-9-5-2-6-10-15/h1-10H,11-13H2,(H,21,28)(H,22,25). The fourth-order valence-corrected chi connectivity index (χ4v) is 4.34. The van der Waals surface area contributed by atoms with Crippen LogP contribution in [0.2, 0.25) is 0 Å². The maximum Gasteiger partial charge on any atom is 0.344 e. The van der Waals surface area contributed by atoms with Crippen LogP contribution in [0.25, 0.3) is 0 Å². The normalized spacial score (nSPS) is 18.1. The molecule has 9 heteroatoms. The van der Waals surface area contributed by atoms with E-state index in [1.54, 1.807) is 48.5 Å². The van der Waals surface area contributed by atoms with Gasteiger partial charge in [0.1, 0.15) is 6.54 Å². The topological polar surface area (TPSA) is 98.8 Å². The molecule has 0 radical (unpaired) electrons. The molecule has 148 valence electrons. The highest BCUT2D eigenvalue weighted by Crippen LogP contribution is 2.35. The van der Waals surface area contributed by atoms with Crippen LogP contribution in [0.15, 0.2) is 60.7 Å². The predicted molar refractivity (Wildman–Crippen MR) is 106 cm³/mol. The summed E-state index contributed by atoms with van der Waals surface area (Å²) >= 11 is 1.41. The van der Waals surface area contributed by atoms with E-state index in [1.807, 2.05) is 12.1 Å². The van der Waals surface area contributed by atoms with E-state index in [2.05, 4.69) is 10.7 Å². The maximum absolute atomic E-state index is 13.4. The zero-order valence-corrected chi connectivity index (χ0v) is 16.1. The van der Waals surface area contributed by atoms with Gasteiger partial charge in [-0.2, -0.15) is 5.01 Å². The Balaban J connectivity index is 1.63. The van der Waals surface area contributed by atoms with Crippen molar-refractivity contribution in [1.29, 1.82) is 0 Å². The first kappa shape index (κ1) is 19.0. The Kier molecular flexibility index (Phi) is 4.98. The highest BCUT2D eigenvalue weighted by atomic mass is 32.2. The minimum Gasteiger partial charge on any atom is -0.323 e. The Morgan fingerprint density at radius 1 is 1.00 bits per heavy atom. The summed E-state index contributed by atoms with van der Waals surface area (Å²) in [4.78, 5) is 51.6. The number of amides is 5. The van der Waals surface area contributed by atoms with Gasteiger partial charge in [-0.1, -0.05) is 60.7 Å². The first-order valence-corrected chi connectivity index (χ1v) is 10.1. The lowest BCUT2D eigenvalue weighted by Gasteiger charge is -2.27. The van der Waals surface area contributed by atoms with Crippen molar-refractivity contribution in [2.75, 3.05) is 18.2 Å². The lowest BCUT2D eigenvalue weighted by molar-refractivity contribution is -0.140. The number of imide groups is 1. The van der Waals surface area contributed by atoms with Crippen LogP contribution in [0, 0.1) is 0 Å². The van der Waals surface area contributed by atoms with Crippen molar-refractivity contribution in [3.8, 4) is 0 Å². The molecular weight excluding hydrogens is 392 g/mol. The van der Waals surface area contributed by atoms with Crippen molar-refractivity contribution in [1.82, 2.24) is 20.7 Å². The van der Waals surface area contributed by atoms with E-state index in [1.165, 1.54) is 16.7 Å². The van der Waals surface area contributed by atoms with E-state index < -0.39 is 23.4 Å². The molecule has 29 heavy (non-hydrogen) atoms. The average molecular weight is 410 g/mol. The maximum atomic E-state index is 13.4. The molecule has 0 aromatic heterocycles. The molecule has 0 bridgehead atoms. The second-order valence-corrected chi connectivity index (χ2v) is 7.61. The van der Waals surface area contributed by atoms with Gasteiger partial charge in [-0.15, -0.1) is 11.8 Å². The van der Waals surface area contributed by atoms with E-state index in [0.29, 0.717) is 27.8 Å².